The molecule has 4 aromatic heterocycles. The summed E-state index contributed by atoms with van der Waals surface area (Å²) in [7, 11) is 0. The maximum absolute atomic E-state index is 2.49. The van der Waals surface area contributed by atoms with Crippen LogP contribution in [0.4, 0.5) is 0 Å². The monoisotopic (exact) mass is 798 g/mol. The number of fused-ring (bicyclic) bond motifs is 13. The van der Waals surface area contributed by atoms with E-state index >= 15 is 0 Å². The molecular weight excluding hydrogens is 753 g/mol. The molecule has 0 aliphatic carbocycles. The van der Waals surface area contributed by atoms with Crippen LogP contribution in [0.5, 0.6) is 0 Å². The Morgan fingerprint density at radius 2 is 0.532 bits per heavy atom. The third-order valence-corrected chi connectivity index (χ3v) is 12.3. The first-order chi connectivity index (χ1) is 30.8. The predicted molar refractivity (Wildman–Crippen MR) is 266 cm³/mol. The van der Waals surface area contributed by atoms with Crippen molar-refractivity contribution < 1.29 is 0 Å². The van der Waals surface area contributed by atoms with Crippen molar-refractivity contribution in [3.63, 3.8) is 0 Å². The van der Waals surface area contributed by atoms with E-state index in [1.807, 2.05) is 27.7 Å². The maximum Gasteiger partial charge on any atom is 0.0641 e. The van der Waals surface area contributed by atoms with Gasteiger partial charge in [-0.2, -0.15) is 0 Å². The fraction of sp³-hybridized carbons (Fsp3) is 0.0690. The Morgan fingerprint density at radius 3 is 0.952 bits per heavy atom. The Bertz CT molecular complexity index is 3560. The second-order valence-electron chi connectivity index (χ2n) is 15.3. The Kier molecular flexibility index (Phi) is 9.01. The molecule has 0 fully saturated rings. The van der Waals surface area contributed by atoms with Crippen molar-refractivity contribution in [2.45, 2.75) is 27.7 Å². The van der Waals surface area contributed by atoms with Gasteiger partial charge in [0, 0.05) is 48.8 Å². The lowest BCUT2D eigenvalue weighted by Gasteiger charge is -2.17. The molecule has 0 saturated heterocycles. The van der Waals surface area contributed by atoms with E-state index in [4.69, 9.17) is 0 Å². The van der Waals surface area contributed by atoms with Crippen LogP contribution in [0.2, 0.25) is 0 Å². The summed E-state index contributed by atoms with van der Waals surface area (Å²) in [6, 6.07) is 75.6. The minimum Gasteiger partial charge on any atom is -0.309 e. The van der Waals surface area contributed by atoms with Crippen molar-refractivity contribution in [3.8, 4) is 22.7 Å². The van der Waals surface area contributed by atoms with Gasteiger partial charge in [0.25, 0.3) is 0 Å². The summed E-state index contributed by atoms with van der Waals surface area (Å²) in [5.41, 5.74) is 14.0. The summed E-state index contributed by atoms with van der Waals surface area (Å²) in [6.45, 7) is 8.00. The minimum absolute atomic E-state index is 1.10. The minimum atomic E-state index is 1.10. The number of rotatable bonds is 4. The van der Waals surface area contributed by atoms with Crippen LogP contribution in [0.3, 0.4) is 0 Å². The molecule has 0 N–H and O–H groups in total. The van der Waals surface area contributed by atoms with Gasteiger partial charge >= 0.3 is 0 Å². The van der Waals surface area contributed by atoms with Gasteiger partial charge in [-0.3, -0.25) is 0 Å². The second-order valence-corrected chi connectivity index (χ2v) is 15.3. The fourth-order valence-electron chi connectivity index (χ4n) is 10.0. The molecule has 13 aromatic rings. The van der Waals surface area contributed by atoms with E-state index in [1.54, 1.807) is 0 Å². The standard InChI is InChI=1S/C54H34N4.2C2H6/c1-2-16-35(17-3-1)58-50-28-14-8-22-43(50)44-30-31-52-53(54(44)58)45-23-9-15-29-51(45)57(52)38-33-36(55-46-24-10-4-18-39(46)40-19-5-11-25-47(40)55)32-37(34-38)56-48-26-12-6-20-41(48)42-21-7-13-27-49(42)56;2*1-2/h1-34H;2*1-2H3. The zero-order chi connectivity index (χ0) is 41.9. The van der Waals surface area contributed by atoms with Crippen LogP contribution in [0.25, 0.3) is 110 Å². The second kappa shape index (κ2) is 15.0. The van der Waals surface area contributed by atoms with Gasteiger partial charge in [-0.25, -0.2) is 0 Å². The summed E-state index contributed by atoms with van der Waals surface area (Å²) in [5.74, 6) is 0. The molecule has 9 aromatic carbocycles. The Labute approximate surface area is 360 Å². The van der Waals surface area contributed by atoms with E-state index in [-0.39, 0.29) is 0 Å². The van der Waals surface area contributed by atoms with Crippen LogP contribution in [-0.4, -0.2) is 18.3 Å². The topological polar surface area (TPSA) is 19.7 Å². The summed E-state index contributed by atoms with van der Waals surface area (Å²) in [4.78, 5) is 0. The van der Waals surface area contributed by atoms with Gasteiger partial charge in [-0.15, -0.1) is 0 Å². The highest BCUT2D eigenvalue weighted by Gasteiger charge is 2.23. The molecule has 4 heterocycles. The number of nitrogens with zero attached hydrogens (tertiary/aromatic N) is 4. The summed E-state index contributed by atoms with van der Waals surface area (Å²) in [6.07, 6.45) is 0. The molecule has 298 valence electrons. The number of hydrogen-bond donors (Lipinski definition) is 0. The van der Waals surface area contributed by atoms with E-state index in [0.717, 1.165) is 22.7 Å². The molecular formula is C58H46N4. The lowest BCUT2D eigenvalue weighted by molar-refractivity contribution is 1.10. The number of hydrogen-bond acceptors (Lipinski definition) is 0. The predicted octanol–water partition coefficient (Wildman–Crippen LogP) is 16.1. The third kappa shape index (κ3) is 5.39. The van der Waals surface area contributed by atoms with Crippen LogP contribution >= 0.6 is 0 Å². The molecule has 0 saturated carbocycles. The van der Waals surface area contributed by atoms with Gasteiger partial charge in [-0.1, -0.05) is 161 Å². The Balaban J connectivity index is 0.00000105. The largest absolute Gasteiger partial charge is 0.309 e. The van der Waals surface area contributed by atoms with Crippen LogP contribution < -0.4 is 0 Å². The average molecular weight is 799 g/mol. The van der Waals surface area contributed by atoms with Crippen molar-refractivity contribution in [3.05, 3.63) is 206 Å². The summed E-state index contributed by atoms with van der Waals surface area (Å²) < 4.78 is 9.85. The Hall–Kier alpha value is -7.82. The Morgan fingerprint density at radius 1 is 0.226 bits per heavy atom. The van der Waals surface area contributed by atoms with Gasteiger partial charge in [0.2, 0.25) is 0 Å². The first kappa shape index (κ1) is 37.2. The van der Waals surface area contributed by atoms with Gasteiger partial charge < -0.3 is 18.3 Å². The van der Waals surface area contributed by atoms with Gasteiger partial charge in [-0.05, 0) is 72.8 Å². The van der Waals surface area contributed by atoms with E-state index in [9.17, 15) is 0 Å². The molecule has 0 spiro atoms. The van der Waals surface area contributed by atoms with Crippen LogP contribution in [-0.2, 0) is 0 Å². The quantitative estimate of drug-likeness (QED) is 0.169. The molecule has 0 aliphatic rings. The average Bonchev–Trinajstić information content (AvgIpc) is 4.08. The van der Waals surface area contributed by atoms with E-state index in [2.05, 4.69) is 225 Å². The SMILES string of the molecule is CC.CC.c1ccc(-n2c3ccccc3c3ccc4c(c5ccccc5n4-c4cc(-n5c6ccccc6c6ccccc65)cc(-n5c6ccccc6c6ccccc65)c4)c32)cc1. The summed E-state index contributed by atoms with van der Waals surface area (Å²) in [5, 5.41) is 9.95. The van der Waals surface area contributed by atoms with Crippen molar-refractivity contribution in [1.82, 2.24) is 18.3 Å². The molecule has 0 aliphatic heterocycles. The zero-order valence-corrected chi connectivity index (χ0v) is 35.4. The molecule has 13 rings (SSSR count). The van der Waals surface area contributed by atoms with E-state index in [0.29, 0.717) is 0 Å². The van der Waals surface area contributed by atoms with Gasteiger partial charge in [0.05, 0.1) is 61.2 Å². The lowest BCUT2D eigenvalue weighted by atomic mass is 10.1. The highest BCUT2D eigenvalue weighted by Crippen LogP contribution is 2.43. The zero-order valence-electron chi connectivity index (χ0n) is 35.4. The fourth-order valence-corrected chi connectivity index (χ4v) is 10.0. The van der Waals surface area contributed by atoms with Crippen LogP contribution in [0.1, 0.15) is 27.7 Å². The first-order valence-corrected chi connectivity index (χ1v) is 22.0. The van der Waals surface area contributed by atoms with Crippen LogP contribution in [0, 0.1) is 0 Å². The maximum atomic E-state index is 2.49. The molecule has 0 bridgehead atoms. The molecule has 0 radical (unpaired) electrons. The summed E-state index contributed by atoms with van der Waals surface area (Å²) >= 11 is 0. The third-order valence-electron chi connectivity index (χ3n) is 12.3. The van der Waals surface area contributed by atoms with Gasteiger partial charge in [0.15, 0.2) is 0 Å². The smallest absolute Gasteiger partial charge is 0.0641 e. The molecule has 4 nitrogen and oxygen atoms in total. The molecule has 4 heteroatoms. The number of aromatic nitrogens is 4. The van der Waals surface area contributed by atoms with Crippen molar-refractivity contribution >= 4 is 87.2 Å². The first-order valence-electron chi connectivity index (χ1n) is 22.0. The molecule has 0 atom stereocenters. The van der Waals surface area contributed by atoms with Crippen molar-refractivity contribution in [2.24, 2.45) is 0 Å². The molecule has 62 heavy (non-hydrogen) atoms. The number of para-hydroxylation sites is 7. The van der Waals surface area contributed by atoms with Crippen molar-refractivity contribution in [2.75, 3.05) is 0 Å². The van der Waals surface area contributed by atoms with Crippen LogP contribution in [0.15, 0.2) is 206 Å². The number of benzene rings is 9. The molecule has 0 unspecified atom stereocenters. The molecule has 0 amide bonds. The highest BCUT2D eigenvalue weighted by molar-refractivity contribution is 6.26. The normalized spacial score (nSPS) is 11.5. The van der Waals surface area contributed by atoms with E-state index in [1.165, 1.54) is 87.2 Å². The van der Waals surface area contributed by atoms with E-state index < -0.39 is 0 Å². The van der Waals surface area contributed by atoms with Gasteiger partial charge in [0.1, 0.15) is 0 Å². The highest BCUT2D eigenvalue weighted by atomic mass is 15.1. The van der Waals surface area contributed by atoms with Crippen molar-refractivity contribution in [1.29, 1.82) is 0 Å². The lowest BCUT2D eigenvalue weighted by Crippen LogP contribution is -2.03.